The number of amides is 1. The van der Waals surface area contributed by atoms with Gasteiger partial charge in [0, 0.05) is 25.0 Å². The molecule has 3 rings (SSSR count). The molecule has 3 fully saturated rings. The lowest BCUT2D eigenvalue weighted by Crippen LogP contribution is -2.51. The molecule has 3 aliphatic rings. The van der Waals surface area contributed by atoms with Crippen LogP contribution in [0.2, 0.25) is 0 Å². The summed E-state index contributed by atoms with van der Waals surface area (Å²) in [6.07, 6.45) is 7.51. The van der Waals surface area contributed by atoms with E-state index in [-0.39, 0.29) is 0 Å². The molecule has 1 amide bonds. The molecule has 20 heavy (non-hydrogen) atoms. The molecule has 4 atom stereocenters. The summed E-state index contributed by atoms with van der Waals surface area (Å²) < 4.78 is 0. The Morgan fingerprint density at radius 2 is 1.95 bits per heavy atom. The fourth-order valence-electron chi connectivity index (χ4n) is 4.64. The first-order chi connectivity index (χ1) is 9.76. The molecule has 1 saturated heterocycles. The summed E-state index contributed by atoms with van der Waals surface area (Å²) in [6, 6.07) is 0.628. The highest BCUT2D eigenvalue weighted by atomic mass is 16.2. The molecule has 0 spiro atoms. The Morgan fingerprint density at radius 3 is 2.60 bits per heavy atom. The Bertz CT molecular complexity index is 347. The van der Waals surface area contributed by atoms with Crippen molar-refractivity contribution in [3.05, 3.63) is 0 Å². The summed E-state index contributed by atoms with van der Waals surface area (Å²) in [7, 11) is 0. The number of carbonyl (C=O) groups excluding carboxylic acids is 1. The maximum atomic E-state index is 12.7. The first-order valence-corrected chi connectivity index (χ1v) is 8.78. The molecule has 1 heterocycles. The number of nitrogens with one attached hydrogen (secondary N) is 1. The van der Waals surface area contributed by atoms with Crippen molar-refractivity contribution < 1.29 is 4.79 Å². The van der Waals surface area contributed by atoms with Crippen LogP contribution in [0.4, 0.5) is 0 Å². The van der Waals surface area contributed by atoms with Crippen LogP contribution in [-0.4, -0.2) is 36.5 Å². The summed E-state index contributed by atoms with van der Waals surface area (Å²) in [5, 5.41) is 3.68. The molecule has 114 valence electrons. The third-order valence-electron chi connectivity index (χ3n) is 5.92. The van der Waals surface area contributed by atoms with Gasteiger partial charge in [0.25, 0.3) is 0 Å². The van der Waals surface area contributed by atoms with Crippen LogP contribution in [0.5, 0.6) is 0 Å². The van der Waals surface area contributed by atoms with Gasteiger partial charge in [0.15, 0.2) is 0 Å². The topological polar surface area (TPSA) is 32.3 Å². The van der Waals surface area contributed by atoms with Gasteiger partial charge in [0.1, 0.15) is 0 Å². The van der Waals surface area contributed by atoms with Crippen molar-refractivity contribution in [2.45, 2.75) is 58.4 Å². The highest BCUT2D eigenvalue weighted by molar-refractivity contribution is 5.82. The first kappa shape index (κ1) is 14.4. The van der Waals surface area contributed by atoms with Crippen LogP contribution in [0.1, 0.15) is 52.4 Å². The minimum absolute atomic E-state index is 0.418. The molecule has 1 aliphatic heterocycles. The van der Waals surface area contributed by atoms with E-state index in [1.165, 1.54) is 32.1 Å². The maximum Gasteiger partial charge on any atom is 0.226 e. The van der Waals surface area contributed by atoms with Crippen LogP contribution in [0, 0.1) is 23.7 Å². The van der Waals surface area contributed by atoms with Crippen LogP contribution in [0.3, 0.4) is 0 Å². The zero-order chi connectivity index (χ0) is 14.1. The molecule has 0 aromatic heterocycles. The number of carbonyl (C=O) groups is 1. The second-order valence-electron chi connectivity index (χ2n) is 7.09. The fraction of sp³-hybridized carbons (Fsp3) is 0.941. The number of likely N-dealkylation sites (tertiary alicyclic amines) is 1. The molecule has 2 saturated carbocycles. The van der Waals surface area contributed by atoms with Crippen molar-refractivity contribution in [1.29, 1.82) is 0 Å². The van der Waals surface area contributed by atoms with Gasteiger partial charge in [-0.15, -0.1) is 0 Å². The van der Waals surface area contributed by atoms with Crippen molar-refractivity contribution in [2.75, 3.05) is 19.6 Å². The Morgan fingerprint density at radius 1 is 1.20 bits per heavy atom. The zero-order valence-corrected chi connectivity index (χ0v) is 13.1. The largest absolute Gasteiger partial charge is 0.342 e. The summed E-state index contributed by atoms with van der Waals surface area (Å²) in [5.41, 5.74) is 0. The molecular formula is C17H30N2O. The predicted octanol–water partition coefficient (Wildman–Crippen LogP) is 2.66. The predicted molar refractivity (Wildman–Crippen MR) is 81.4 cm³/mol. The molecule has 0 bridgehead atoms. The van der Waals surface area contributed by atoms with Crippen LogP contribution < -0.4 is 5.32 Å². The van der Waals surface area contributed by atoms with Gasteiger partial charge in [-0.1, -0.05) is 26.7 Å². The van der Waals surface area contributed by atoms with Gasteiger partial charge >= 0.3 is 0 Å². The molecule has 4 unspecified atom stereocenters. The van der Waals surface area contributed by atoms with E-state index in [0.29, 0.717) is 23.8 Å². The number of piperidine rings is 1. The average Bonchev–Trinajstić information content (AvgIpc) is 2.96. The average molecular weight is 278 g/mol. The molecule has 3 heteroatoms. The Hall–Kier alpha value is -0.570. The monoisotopic (exact) mass is 278 g/mol. The SMILES string of the molecule is CCCNC1CCN(C(=O)C2C3CCCC32)CC1CC. The number of hydrogen-bond donors (Lipinski definition) is 1. The van der Waals surface area contributed by atoms with E-state index in [9.17, 15) is 4.79 Å². The van der Waals surface area contributed by atoms with Crippen molar-refractivity contribution in [1.82, 2.24) is 10.2 Å². The fourth-order valence-corrected chi connectivity index (χ4v) is 4.64. The third-order valence-corrected chi connectivity index (χ3v) is 5.92. The van der Waals surface area contributed by atoms with E-state index < -0.39 is 0 Å². The Labute approximate surface area is 123 Å². The molecule has 0 aromatic carbocycles. The van der Waals surface area contributed by atoms with Gasteiger partial charge in [0.05, 0.1) is 0 Å². The van der Waals surface area contributed by atoms with E-state index >= 15 is 0 Å². The summed E-state index contributed by atoms with van der Waals surface area (Å²) in [6.45, 7) is 7.57. The van der Waals surface area contributed by atoms with Gasteiger partial charge < -0.3 is 10.2 Å². The van der Waals surface area contributed by atoms with Crippen molar-refractivity contribution in [3.63, 3.8) is 0 Å². The molecule has 0 radical (unpaired) electrons. The second-order valence-corrected chi connectivity index (χ2v) is 7.09. The second kappa shape index (κ2) is 6.05. The molecule has 3 nitrogen and oxygen atoms in total. The molecule has 0 aromatic rings. The Balaban J connectivity index is 1.53. The molecule has 1 N–H and O–H groups in total. The van der Waals surface area contributed by atoms with Gasteiger partial charge in [0.2, 0.25) is 5.91 Å². The highest BCUT2D eigenvalue weighted by Crippen LogP contribution is 2.58. The van der Waals surface area contributed by atoms with E-state index in [2.05, 4.69) is 24.1 Å². The van der Waals surface area contributed by atoms with Crippen molar-refractivity contribution in [2.24, 2.45) is 23.7 Å². The third kappa shape index (κ3) is 2.61. The van der Waals surface area contributed by atoms with E-state index in [0.717, 1.165) is 37.9 Å². The lowest BCUT2D eigenvalue weighted by atomic mass is 9.89. The van der Waals surface area contributed by atoms with Gasteiger partial charge in [-0.25, -0.2) is 0 Å². The van der Waals surface area contributed by atoms with Gasteiger partial charge in [-0.2, -0.15) is 0 Å². The van der Waals surface area contributed by atoms with Crippen LogP contribution in [0.25, 0.3) is 0 Å². The van der Waals surface area contributed by atoms with Crippen molar-refractivity contribution in [3.8, 4) is 0 Å². The number of hydrogen-bond acceptors (Lipinski definition) is 2. The van der Waals surface area contributed by atoms with Crippen LogP contribution in [0.15, 0.2) is 0 Å². The highest BCUT2D eigenvalue weighted by Gasteiger charge is 2.57. The summed E-state index contributed by atoms with van der Waals surface area (Å²) in [4.78, 5) is 14.9. The van der Waals surface area contributed by atoms with Gasteiger partial charge in [-0.3, -0.25) is 4.79 Å². The number of rotatable bonds is 5. The van der Waals surface area contributed by atoms with Crippen LogP contribution >= 0.6 is 0 Å². The normalized spacial score (nSPS) is 39.7. The Kier molecular flexibility index (Phi) is 4.34. The van der Waals surface area contributed by atoms with Crippen LogP contribution in [-0.2, 0) is 4.79 Å². The number of nitrogens with zero attached hydrogens (tertiary/aromatic N) is 1. The first-order valence-electron chi connectivity index (χ1n) is 8.78. The molecular weight excluding hydrogens is 248 g/mol. The number of fused-ring (bicyclic) bond motifs is 1. The minimum atomic E-state index is 0.418. The van der Waals surface area contributed by atoms with Crippen molar-refractivity contribution >= 4 is 5.91 Å². The van der Waals surface area contributed by atoms with Gasteiger partial charge in [-0.05, 0) is 50.0 Å². The lowest BCUT2D eigenvalue weighted by Gasteiger charge is -2.39. The zero-order valence-electron chi connectivity index (χ0n) is 13.1. The van der Waals surface area contributed by atoms with E-state index in [1.54, 1.807) is 0 Å². The molecule has 2 aliphatic carbocycles. The summed E-state index contributed by atoms with van der Waals surface area (Å²) in [5.74, 6) is 3.09. The maximum absolute atomic E-state index is 12.7. The van der Waals surface area contributed by atoms with E-state index in [4.69, 9.17) is 0 Å². The quantitative estimate of drug-likeness (QED) is 0.838. The van der Waals surface area contributed by atoms with E-state index in [1.807, 2.05) is 0 Å². The lowest BCUT2D eigenvalue weighted by molar-refractivity contribution is -0.135. The standard InChI is InChI=1S/C17H30N2O/c1-3-9-18-15-8-10-19(11-12(15)4-2)17(20)16-13-6-5-7-14(13)16/h12-16,18H,3-11H2,1-2H3. The minimum Gasteiger partial charge on any atom is -0.342 e. The smallest absolute Gasteiger partial charge is 0.226 e. The summed E-state index contributed by atoms with van der Waals surface area (Å²) >= 11 is 0.